The molecule has 1 aromatic carbocycles. The van der Waals surface area contributed by atoms with Crippen LogP contribution in [0.5, 0.6) is 0 Å². The zero-order valence-corrected chi connectivity index (χ0v) is 10.7. The minimum absolute atomic E-state index is 0.163. The van der Waals surface area contributed by atoms with Crippen LogP contribution in [-0.2, 0) is 14.3 Å². The first-order valence-electron chi connectivity index (χ1n) is 5.86. The monoisotopic (exact) mass is 271 g/mol. The van der Waals surface area contributed by atoms with Crippen molar-refractivity contribution in [2.24, 2.45) is 0 Å². The molecule has 104 valence electrons. The molecule has 1 atom stereocenters. The van der Waals surface area contributed by atoms with Crippen molar-refractivity contribution in [3.63, 3.8) is 0 Å². The number of rotatable bonds is 4. The molecule has 2 rings (SSSR count). The number of esters is 1. The highest BCUT2D eigenvalue weighted by atomic mass is 19.1. The number of benzene rings is 1. The lowest BCUT2D eigenvalue weighted by molar-refractivity contribution is -0.152. The van der Waals surface area contributed by atoms with Crippen LogP contribution in [0.4, 0.5) is 14.5 Å². The predicted molar refractivity (Wildman–Crippen MR) is 65.3 cm³/mol. The highest BCUT2D eigenvalue weighted by Gasteiger charge is 2.30. The third kappa shape index (κ3) is 2.68. The minimum Gasteiger partial charge on any atom is -0.467 e. The molecular weight excluding hydrogens is 256 g/mol. The summed E-state index contributed by atoms with van der Waals surface area (Å²) in [6, 6.07) is 4.19. The number of carbonyl (C=O) groups excluding carboxylic acids is 1. The van der Waals surface area contributed by atoms with Crippen LogP contribution in [0, 0.1) is 5.82 Å². The van der Waals surface area contributed by atoms with Gasteiger partial charge in [0, 0.05) is 7.11 Å². The van der Waals surface area contributed by atoms with Gasteiger partial charge in [0.15, 0.2) is 6.10 Å². The molecule has 0 aromatic heterocycles. The Labute approximate surface area is 109 Å². The molecule has 19 heavy (non-hydrogen) atoms. The molecule has 1 saturated heterocycles. The molecule has 1 heterocycles. The van der Waals surface area contributed by atoms with E-state index in [1.54, 1.807) is 4.90 Å². The third-order valence-electron chi connectivity index (χ3n) is 3.10. The van der Waals surface area contributed by atoms with E-state index in [4.69, 9.17) is 4.74 Å². The summed E-state index contributed by atoms with van der Waals surface area (Å²) in [5.74, 6) is -1.01. The van der Waals surface area contributed by atoms with Crippen LogP contribution in [-0.4, -0.2) is 39.5 Å². The van der Waals surface area contributed by atoms with Gasteiger partial charge in [-0.05, 0) is 17.7 Å². The van der Waals surface area contributed by atoms with Crippen LogP contribution in [0.15, 0.2) is 18.2 Å². The van der Waals surface area contributed by atoms with Crippen molar-refractivity contribution in [2.45, 2.75) is 12.3 Å². The summed E-state index contributed by atoms with van der Waals surface area (Å²) in [5.41, 5.74) is 0.755. The Hall–Kier alpha value is -1.69. The number of methoxy groups -OCH3 is 2. The summed E-state index contributed by atoms with van der Waals surface area (Å²) in [4.78, 5) is 13.1. The molecule has 1 unspecified atom stereocenters. The highest BCUT2D eigenvalue weighted by Crippen LogP contribution is 2.29. The number of carbonyl (C=O) groups is 1. The predicted octanol–water partition coefficient (Wildman–Crippen LogP) is 1.84. The van der Waals surface area contributed by atoms with Crippen molar-refractivity contribution in [1.29, 1.82) is 0 Å². The number of ether oxygens (including phenoxy) is 2. The van der Waals surface area contributed by atoms with Crippen LogP contribution in [0.1, 0.15) is 11.7 Å². The van der Waals surface area contributed by atoms with Crippen LogP contribution in [0.25, 0.3) is 0 Å². The summed E-state index contributed by atoms with van der Waals surface area (Å²) in [7, 11) is 2.62. The summed E-state index contributed by atoms with van der Waals surface area (Å²) >= 11 is 0. The Kier molecular flexibility index (Phi) is 3.99. The third-order valence-corrected chi connectivity index (χ3v) is 3.10. The molecule has 6 heteroatoms. The van der Waals surface area contributed by atoms with Crippen molar-refractivity contribution >= 4 is 11.7 Å². The van der Waals surface area contributed by atoms with Gasteiger partial charge >= 0.3 is 5.97 Å². The molecule has 1 fully saturated rings. The molecule has 0 spiro atoms. The normalized spacial score (nSPS) is 16.9. The van der Waals surface area contributed by atoms with Crippen LogP contribution < -0.4 is 4.90 Å². The maximum absolute atomic E-state index is 13.7. The van der Waals surface area contributed by atoms with E-state index >= 15 is 0 Å². The lowest BCUT2D eigenvalue weighted by Gasteiger charge is -2.36. The summed E-state index contributed by atoms with van der Waals surface area (Å²) in [6.07, 6.45) is -1.84. The average Bonchev–Trinajstić information content (AvgIpc) is 2.37. The van der Waals surface area contributed by atoms with Crippen LogP contribution in [0.3, 0.4) is 0 Å². The largest absolute Gasteiger partial charge is 0.467 e. The summed E-state index contributed by atoms with van der Waals surface area (Å²) in [6.45, 7) is 0.326. The molecule has 0 bridgehead atoms. The topological polar surface area (TPSA) is 38.8 Å². The van der Waals surface area contributed by atoms with Gasteiger partial charge in [-0.3, -0.25) is 0 Å². The Bertz CT molecular complexity index is 475. The number of hydrogen-bond acceptors (Lipinski definition) is 4. The minimum atomic E-state index is -0.929. The van der Waals surface area contributed by atoms with Crippen molar-refractivity contribution in [3.8, 4) is 0 Å². The molecule has 0 N–H and O–H groups in total. The average molecular weight is 271 g/mol. The first-order chi connectivity index (χ1) is 9.06. The van der Waals surface area contributed by atoms with Crippen molar-refractivity contribution in [2.75, 3.05) is 32.2 Å². The fraction of sp³-hybridized carbons (Fsp3) is 0.462. The highest BCUT2D eigenvalue weighted by molar-refractivity contribution is 5.77. The number of anilines is 1. The fourth-order valence-corrected chi connectivity index (χ4v) is 2.03. The van der Waals surface area contributed by atoms with Gasteiger partial charge in [0.2, 0.25) is 0 Å². The van der Waals surface area contributed by atoms with Gasteiger partial charge in [0.05, 0.1) is 25.9 Å². The smallest absolute Gasteiger partial charge is 0.339 e. The number of hydrogen-bond donors (Lipinski definition) is 0. The molecule has 4 nitrogen and oxygen atoms in total. The second-order valence-corrected chi connectivity index (χ2v) is 4.35. The first-order valence-corrected chi connectivity index (χ1v) is 5.86. The molecule has 0 amide bonds. The van der Waals surface area contributed by atoms with Gasteiger partial charge < -0.3 is 14.4 Å². The van der Waals surface area contributed by atoms with Crippen LogP contribution in [0.2, 0.25) is 0 Å². The fourth-order valence-electron chi connectivity index (χ4n) is 2.03. The lowest BCUT2D eigenvalue weighted by Crippen LogP contribution is -2.48. The van der Waals surface area contributed by atoms with E-state index in [1.807, 2.05) is 0 Å². The molecule has 1 aliphatic rings. The van der Waals surface area contributed by atoms with E-state index < -0.39 is 24.1 Å². The van der Waals surface area contributed by atoms with E-state index in [9.17, 15) is 13.6 Å². The molecule has 0 aliphatic carbocycles. The standard InChI is InChI=1S/C13H15F2NO3/c1-18-12(13(17)19-2)8-3-4-10(15)11(5-8)16-6-9(14)7-16/h3-5,9,12H,6-7H2,1-2H3. The second-order valence-electron chi connectivity index (χ2n) is 4.35. The number of alkyl halides is 1. The lowest BCUT2D eigenvalue weighted by atomic mass is 10.1. The van der Waals surface area contributed by atoms with Gasteiger partial charge in [-0.15, -0.1) is 0 Å². The van der Waals surface area contributed by atoms with Crippen LogP contribution >= 0.6 is 0 Å². The van der Waals surface area contributed by atoms with E-state index in [-0.39, 0.29) is 18.8 Å². The van der Waals surface area contributed by atoms with Crippen molar-refractivity contribution in [3.05, 3.63) is 29.6 Å². The van der Waals surface area contributed by atoms with Gasteiger partial charge in [-0.25, -0.2) is 13.6 Å². The van der Waals surface area contributed by atoms with E-state index in [0.717, 1.165) is 0 Å². The molecule has 0 radical (unpaired) electrons. The summed E-state index contributed by atoms with van der Waals surface area (Å²) < 4.78 is 36.2. The number of nitrogens with zero attached hydrogens (tertiary/aromatic N) is 1. The molecule has 1 aliphatic heterocycles. The molecular formula is C13H15F2NO3. The van der Waals surface area contributed by atoms with E-state index in [1.165, 1.54) is 32.4 Å². The van der Waals surface area contributed by atoms with Gasteiger partial charge in [-0.1, -0.05) is 6.07 Å². The van der Waals surface area contributed by atoms with Gasteiger partial charge in [-0.2, -0.15) is 0 Å². The van der Waals surface area contributed by atoms with E-state index in [2.05, 4.69) is 4.74 Å². The number of halogens is 2. The van der Waals surface area contributed by atoms with Crippen molar-refractivity contribution in [1.82, 2.24) is 0 Å². The summed E-state index contributed by atoms with van der Waals surface area (Å²) in [5, 5.41) is 0. The first kappa shape index (κ1) is 13.7. The van der Waals surface area contributed by atoms with Crippen molar-refractivity contribution < 1.29 is 23.0 Å². The maximum atomic E-state index is 13.7. The quantitative estimate of drug-likeness (QED) is 0.783. The Morgan fingerprint density at radius 1 is 1.42 bits per heavy atom. The maximum Gasteiger partial charge on any atom is 0.339 e. The van der Waals surface area contributed by atoms with Gasteiger partial charge in [0.25, 0.3) is 0 Å². The Balaban J connectivity index is 2.27. The zero-order valence-electron chi connectivity index (χ0n) is 10.7. The van der Waals surface area contributed by atoms with E-state index in [0.29, 0.717) is 5.56 Å². The SMILES string of the molecule is COC(=O)C(OC)c1ccc(F)c(N2CC(F)C2)c1. The zero-order chi connectivity index (χ0) is 14.0. The Morgan fingerprint density at radius 2 is 2.11 bits per heavy atom. The van der Waals surface area contributed by atoms with Gasteiger partial charge in [0.1, 0.15) is 12.0 Å². The molecule has 0 saturated carbocycles. The Morgan fingerprint density at radius 3 is 2.63 bits per heavy atom. The second kappa shape index (κ2) is 5.52. The molecule has 1 aromatic rings.